The van der Waals surface area contributed by atoms with Crippen LogP contribution in [0.5, 0.6) is 0 Å². The summed E-state index contributed by atoms with van der Waals surface area (Å²) in [7, 11) is 0. The number of likely N-dealkylation sites (tertiary alicyclic amines) is 1. The maximum absolute atomic E-state index is 11.6. The zero-order valence-corrected chi connectivity index (χ0v) is 10.9. The zero-order valence-electron chi connectivity index (χ0n) is 8.74. The minimum absolute atomic E-state index is 0.215. The lowest BCUT2D eigenvalue weighted by Gasteiger charge is -2.24. The molecule has 15 heavy (non-hydrogen) atoms. The second-order valence-electron chi connectivity index (χ2n) is 4.22. The quantitative estimate of drug-likeness (QED) is 0.293. The number of carbonyl (C=O) groups is 3. The van der Waals surface area contributed by atoms with E-state index in [1.54, 1.807) is 43.4 Å². The lowest BCUT2D eigenvalue weighted by molar-refractivity contribution is -0.127. The van der Waals surface area contributed by atoms with E-state index in [1.807, 2.05) is 0 Å². The van der Waals surface area contributed by atoms with Gasteiger partial charge in [0.05, 0.1) is 6.42 Å². The van der Waals surface area contributed by atoms with Gasteiger partial charge in [0.1, 0.15) is 5.60 Å². The Hall–Kier alpha value is -0.660. The Bertz CT molecular complexity index is 321. The molecule has 0 N–H and O–H groups in total. The molecule has 1 rings (SSSR count). The number of alkyl halides is 1. The molecule has 0 aliphatic carbocycles. The van der Waals surface area contributed by atoms with E-state index in [0.29, 0.717) is 0 Å². The minimum atomic E-state index is -0.752. The summed E-state index contributed by atoms with van der Waals surface area (Å²) in [6.45, 7) is 5.11. The van der Waals surface area contributed by atoms with Gasteiger partial charge in [-0.1, -0.05) is 0 Å². The lowest BCUT2D eigenvalue weighted by Crippen LogP contribution is -2.41. The Morgan fingerprint density at radius 2 is 2.00 bits per heavy atom. The Labute approximate surface area is 101 Å². The highest BCUT2D eigenvalue weighted by atomic mass is 127. The molecule has 1 aliphatic rings. The van der Waals surface area contributed by atoms with E-state index in [0.717, 1.165) is 4.90 Å². The van der Waals surface area contributed by atoms with Crippen LogP contribution < -0.4 is 0 Å². The summed E-state index contributed by atoms with van der Waals surface area (Å²) in [6.07, 6.45) is -0.968. The van der Waals surface area contributed by atoms with Gasteiger partial charge in [-0.05, 0) is 43.4 Å². The van der Waals surface area contributed by atoms with Gasteiger partial charge in [0.2, 0.25) is 5.91 Å². The van der Waals surface area contributed by atoms with E-state index in [4.69, 9.17) is 4.74 Å². The van der Waals surface area contributed by atoms with E-state index in [1.165, 1.54) is 0 Å². The molecular weight excluding hydrogens is 313 g/mol. The highest BCUT2D eigenvalue weighted by Gasteiger charge is 2.42. The van der Waals surface area contributed by atoms with Crippen LogP contribution >= 0.6 is 22.6 Å². The molecule has 6 heteroatoms. The Balaban J connectivity index is 2.76. The number of ketones is 1. The van der Waals surface area contributed by atoms with Crippen molar-refractivity contribution >= 4 is 40.4 Å². The molecule has 5 nitrogen and oxygen atoms in total. The molecule has 1 aliphatic heterocycles. The summed E-state index contributed by atoms with van der Waals surface area (Å²) in [5.74, 6) is -0.750. The van der Waals surface area contributed by atoms with Crippen LogP contribution in [0.2, 0.25) is 0 Å². The molecule has 1 saturated heterocycles. The maximum atomic E-state index is 11.6. The summed E-state index contributed by atoms with van der Waals surface area (Å²) < 4.78 is 4.29. The maximum Gasteiger partial charge on any atom is 0.418 e. The third-order valence-corrected chi connectivity index (χ3v) is 2.93. The van der Waals surface area contributed by atoms with Crippen molar-refractivity contribution in [2.45, 2.75) is 36.8 Å². The first-order chi connectivity index (χ1) is 6.72. The van der Waals surface area contributed by atoms with Gasteiger partial charge >= 0.3 is 6.09 Å². The largest absolute Gasteiger partial charge is 0.443 e. The average molecular weight is 325 g/mol. The van der Waals surface area contributed by atoms with Crippen molar-refractivity contribution in [3.05, 3.63) is 0 Å². The molecule has 1 unspecified atom stereocenters. The molecule has 1 fully saturated rings. The van der Waals surface area contributed by atoms with Gasteiger partial charge in [-0.3, -0.25) is 9.59 Å². The van der Waals surface area contributed by atoms with Gasteiger partial charge < -0.3 is 4.74 Å². The first kappa shape index (κ1) is 12.4. The van der Waals surface area contributed by atoms with Crippen LogP contribution in [0, 0.1) is 0 Å². The van der Waals surface area contributed by atoms with Crippen molar-refractivity contribution in [2.75, 3.05) is 0 Å². The van der Waals surface area contributed by atoms with E-state index in [9.17, 15) is 14.4 Å². The molecule has 0 spiro atoms. The smallest absolute Gasteiger partial charge is 0.418 e. The van der Waals surface area contributed by atoms with Crippen molar-refractivity contribution in [1.82, 2.24) is 4.90 Å². The predicted octanol–water partition coefficient (Wildman–Crippen LogP) is 1.48. The standard InChI is InChI=1S/C9H12INO4/c1-9(2,3)15-8(14)11-6(13)4-5(12)7(11)10/h7H,4H2,1-3H3. The lowest BCUT2D eigenvalue weighted by atomic mass is 10.2. The van der Waals surface area contributed by atoms with Crippen LogP contribution in [0.25, 0.3) is 0 Å². The van der Waals surface area contributed by atoms with Crippen molar-refractivity contribution in [2.24, 2.45) is 0 Å². The normalized spacial score (nSPS) is 22.1. The van der Waals surface area contributed by atoms with E-state index in [-0.39, 0.29) is 12.2 Å². The summed E-state index contributed by atoms with van der Waals surface area (Å²) >= 11 is 1.76. The van der Waals surface area contributed by atoms with Crippen LogP contribution in [-0.2, 0) is 14.3 Å². The summed E-state index contributed by atoms with van der Waals surface area (Å²) in [6, 6.07) is 0. The van der Waals surface area contributed by atoms with Gasteiger partial charge in [0, 0.05) is 0 Å². The molecule has 2 amide bonds. The van der Waals surface area contributed by atoms with Crippen LogP contribution in [0.4, 0.5) is 4.79 Å². The van der Waals surface area contributed by atoms with Gasteiger partial charge in [-0.25, -0.2) is 9.69 Å². The predicted molar refractivity (Wildman–Crippen MR) is 60.5 cm³/mol. The van der Waals surface area contributed by atoms with Crippen molar-refractivity contribution < 1.29 is 19.1 Å². The number of hydrogen-bond donors (Lipinski definition) is 0. The molecule has 1 atom stereocenters. The number of Topliss-reactive ketones (excluding diaryl/α,β-unsaturated/α-hetero) is 1. The number of ether oxygens (including phenoxy) is 1. The average Bonchev–Trinajstić information content (AvgIpc) is 2.22. The first-order valence-corrected chi connectivity index (χ1v) is 5.69. The van der Waals surface area contributed by atoms with Crippen LogP contribution in [-0.4, -0.2) is 32.3 Å². The molecular formula is C9H12INO4. The molecule has 0 aromatic heterocycles. The Morgan fingerprint density at radius 3 is 2.33 bits per heavy atom. The third kappa shape index (κ3) is 2.90. The van der Waals surface area contributed by atoms with Crippen molar-refractivity contribution in [3.8, 4) is 0 Å². The first-order valence-electron chi connectivity index (χ1n) is 4.44. The highest BCUT2D eigenvalue weighted by Crippen LogP contribution is 2.23. The van der Waals surface area contributed by atoms with E-state index >= 15 is 0 Å². The zero-order chi connectivity index (χ0) is 11.8. The third-order valence-electron chi connectivity index (χ3n) is 1.68. The number of amides is 2. The fourth-order valence-electron chi connectivity index (χ4n) is 1.09. The SMILES string of the molecule is CC(C)(C)OC(=O)N1C(=O)CC(=O)C1I. The molecule has 0 radical (unpaired) electrons. The second kappa shape index (κ2) is 4.07. The number of halogens is 1. The summed E-state index contributed by atoms with van der Waals surface area (Å²) in [5, 5.41) is 0. The number of rotatable bonds is 0. The van der Waals surface area contributed by atoms with Gasteiger partial charge in [-0.2, -0.15) is 0 Å². The van der Waals surface area contributed by atoms with Crippen molar-refractivity contribution in [3.63, 3.8) is 0 Å². The monoisotopic (exact) mass is 325 g/mol. The number of carbonyl (C=O) groups excluding carboxylic acids is 3. The van der Waals surface area contributed by atoms with Crippen LogP contribution in [0.1, 0.15) is 27.2 Å². The summed E-state index contributed by atoms with van der Waals surface area (Å²) in [4.78, 5) is 34.9. The molecule has 1 heterocycles. The van der Waals surface area contributed by atoms with Crippen molar-refractivity contribution in [1.29, 1.82) is 0 Å². The molecule has 0 aromatic rings. The Morgan fingerprint density at radius 1 is 1.47 bits per heavy atom. The highest BCUT2D eigenvalue weighted by molar-refractivity contribution is 14.1. The molecule has 0 saturated carbocycles. The van der Waals surface area contributed by atoms with E-state index < -0.39 is 21.7 Å². The van der Waals surface area contributed by atoms with E-state index in [2.05, 4.69) is 0 Å². The Kier molecular flexibility index (Phi) is 3.37. The summed E-state index contributed by atoms with van der Waals surface area (Å²) in [5.41, 5.74) is -0.667. The minimum Gasteiger partial charge on any atom is -0.443 e. The van der Waals surface area contributed by atoms with Gasteiger partial charge in [-0.15, -0.1) is 0 Å². The molecule has 0 bridgehead atoms. The molecule has 0 aromatic carbocycles. The molecule has 84 valence electrons. The number of imide groups is 1. The van der Waals surface area contributed by atoms with Gasteiger partial charge in [0.15, 0.2) is 9.83 Å². The fraction of sp³-hybridized carbons (Fsp3) is 0.667. The second-order valence-corrected chi connectivity index (χ2v) is 5.40. The van der Waals surface area contributed by atoms with Gasteiger partial charge in [0.25, 0.3) is 0 Å². The topological polar surface area (TPSA) is 63.7 Å². The fourth-order valence-corrected chi connectivity index (χ4v) is 1.85. The van der Waals surface area contributed by atoms with Crippen LogP contribution in [0.3, 0.4) is 0 Å². The number of nitrogens with zero attached hydrogens (tertiary/aromatic N) is 1. The van der Waals surface area contributed by atoms with Crippen LogP contribution in [0.15, 0.2) is 0 Å². The number of hydrogen-bond acceptors (Lipinski definition) is 4.